The zero-order valence-corrected chi connectivity index (χ0v) is 24.0. The molecule has 2 aromatic heterocycles. The molecule has 11 heteroatoms. The molecule has 3 unspecified atom stereocenters. The minimum atomic E-state index is -0.867. The summed E-state index contributed by atoms with van der Waals surface area (Å²) in [6, 6.07) is 13.6. The van der Waals surface area contributed by atoms with Crippen LogP contribution < -0.4 is 20.1 Å². The highest BCUT2D eigenvalue weighted by Crippen LogP contribution is 2.50. The fourth-order valence-electron chi connectivity index (χ4n) is 5.75. The number of aliphatic hydroxyl groups excluding tert-OH is 1. The number of methoxy groups -OCH3 is 2. The lowest BCUT2D eigenvalue weighted by atomic mass is 10.0. The van der Waals surface area contributed by atoms with Gasteiger partial charge in [0.05, 0.1) is 41.4 Å². The van der Waals surface area contributed by atoms with Gasteiger partial charge in [0.1, 0.15) is 16.9 Å². The van der Waals surface area contributed by atoms with E-state index in [1.165, 1.54) is 0 Å². The van der Waals surface area contributed by atoms with Crippen molar-refractivity contribution in [3.63, 3.8) is 0 Å². The largest absolute Gasteiger partial charge is 0.493 e. The number of anilines is 3. The second-order valence-electron chi connectivity index (χ2n) is 10.5. The van der Waals surface area contributed by atoms with Crippen LogP contribution in [0.5, 0.6) is 11.5 Å². The van der Waals surface area contributed by atoms with E-state index in [0.29, 0.717) is 35.4 Å². The van der Waals surface area contributed by atoms with Crippen molar-refractivity contribution in [2.75, 3.05) is 31.5 Å². The zero-order chi connectivity index (χ0) is 28.1. The number of rotatable bonds is 8. The molecule has 3 N–H and O–H groups in total. The first-order chi connectivity index (χ1) is 19.3. The molecule has 3 heterocycles. The molecule has 1 saturated heterocycles. The summed E-state index contributed by atoms with van der Waals surface area (Å²) in [4.78, 5) is 14.7. The molecular weight excluding hydrogens is 530 g/mol. The van der Waals surface area contributed by atoms with Gasteiger partial charge in [-0.3, -0.25) is 0 Å². The average molecular weight is 564 g/mol. The number of nitrogens with one attached hydrogen (secondary N) is 2. The summed E-state index contributed by atoms with van der Waals surface area (Å²) in [5.74, 6) is 1.21. The van der Waals surface area contributed by atoms with Crippen LogP contribution in [0.15, 0.2) is 42.5 Å². The fraction of sp³-hybridized carbons (Fsp3) is 0.414. The molecule has 10 nitrogen and oxygen atoms in total. The Bertz CT molecular complexity index is 1530. The van der Waals surface area contributed by atoms with Crippen LogP contribution in [-0.2, 0) is 9.47 Å². The van der Waals surface area contributed by atoms with Gasteiger partial charge in [-0.1, -0.05) is 18.2 Å². The number of aromatic nitrogens is 3. The second kappa shape index (κ2) is 10.2. The van der Waals surface area contributed by atoms with E-state index in [1.54, 1.807) is 25.6 Å². The van der Waals surface area contributed by atoms with Gasteiger partial charge in [0.25, 0.3) is 0 Å². The molecule has 1 aliphatic carbocycles. The first-order valence-electron chi connectivity index (χ1n) is 13.3. The molecule has 0 radical (unpaired) electrons. The lowest BCUT2D eigenvalue weighted by Crippen LogP contribution is -2.46. The zero-order valence-electron chi connectivity index (χ0n) is 23.1. The van der Waals surface area contributed by atoms with Crippen molar-refractivity contribution in [3.8, 4) is 22.1 Å². The summed E-state index contributed by atoms with van der Waals surface area (Å²) in [7, 11) is 3.19. The van der Waals surface area contributed by atoms with E-state index in [-0.39, 0.29) is 18.6 Å². The summed E-state index contributed by atoms with van der Waals surface area (Å²) in [6.45, 7) is 5.75. The van der Waals surface area contributed by atoms with Crippen molar-refractivity contribution in [1.82, 2.24) is 15.0 Å². The third-order valence-corrected chi connectivity index (χ3v) is 8.48. The Balaban J connectivity index is 1.47. The fourth-order valence-corrected chi connectivity index (χ4v) is 6.81. The van der Waals surface area contributed by atoms with Crippen LogP contribution in [0.1, 0.15) is 32.4 Å². The van der Waals surface area contributed by atoms with Gasteiger partial charge in [-0.2, -0.15) is 4.98 Å². The number of hydrogen-bond donors (Lipinski definition) is 3. The van der Waals surface area contributed by atoms with E-state index < -0.39 is 11.5 Å². The molecule has 0 bridgehead atoms. The SMILES string of the molecule is COc1cccc(Nc2nc(C)c(-c3nc4ccccc4s3)c(NC34CCC(CO)C3OC(C)(C)O4)n2)c1OC. The molecule has 6 rings (SSSR count). The maximum atomic E-state index is 10.1. The molecule has 40 heavy (non-hydrogen) atoms. The predicted molar refractivity (Wildman–Crippen MR) is 154 cm³/mol. The number of thiazole rings is 1. The van der Waals surface area contributed by atoms with Crippen LogP contribution in [0.25, 0.3) is 20.8 Å². The third kappa shape index (κ3) is 4.62. The molecule has 0 spiro atoms. The highest BCUT2D eigenvalue weighted by atomic mass is 32.1. The number of benzene rings is 2. The van der Waals surface area contributed by atoms with E-state index in [4.69, 9.17) is 33.9 Å². The molecule has 0 amide bonds. The number of aryl methyl sites for hydroxylation is 1. The van der Waals surface area contributed by atoms with Crippen molar-refractivity contribution in [1.29, 1.82) is 0 Å². The van der Waals surface area contributed by atoms with Gasteiger partial charge in [0.15, 0.2) is 23.0 Å². The highest BCUT2D eigenvalue weighted by Gasteiger charge is 2.60. The summed E-state index contributed by atoms with van der Waals surface area (Å²) >= 11 is 1.59. The van der Waals surface area contributed by atoms with E-state index in [9.17, 15) is 5.11 Å². The molecule has 1 saturated carbocycles. The Morgan fingerprint density at radius 2 is 1.90 bits per heavy atom. The number of aliphatic hydroxyl groups is 1. The number of nitrogens with zero attached hydrogens (tertiary/aromatic N) is 3. The molecule has 2 aliphatic rings. The highest BCUT2D eigenvalue weighted by molar-refractivity contribution is 7.21. The van der Waals surface area contributed by atoms with E-state index in [2.05, 4.69) is 16.7 Å². The third-order valence-electron chi connectivity index (χ3n) is 7.42. The van der Waals surface area contributed by atoms with Crippen LogP contribution in [0, 0.1) is 12.8 Å². The molecular formula is C29H33N5O5S. The van der Waals surface area contributed by atoms with Crippen LogP contribution >= 0.6 is 11.3 Å². The van der Waals surface area contributed by atoms with Crippen molar-refractivity contribution in [2.45, 2.75) is 51.2 Å². The Kier molecular flexibility index (Phi) is 6.78. The van der Waals surface area contributed by atoms with E-state index >= 15 is 0 Å². The maximum absolute atomic E-state index is 10.1. The maximum Gasteiger partial charge on any atom is 0.229 e. The van der Waals surface area contributed by atoms with Crippen LogP contribution in [0.3, 0.4) is 0 Å². The summed E-state index contributed by atoms with van der Waals surface area (Å²) in [5.41, 5.74) is 2.24. The molecule has 2 fully saturated rings. The van der Waals surface area contributed by atoms with Gasteiger partial charge in [-0.15, -0.1) is 11.3 Å². The molecule has 2 aromatic carbocycles. The van der Waals surface area contributed by atoms with Gasteiger partial charge >= 0.3 is 0 Å². The molecule has 4 aromatic rings. The first kappa shape index (κ1) is 26.7. The Labute approximate surface area is 236 Å². The van der Waals surface area contributed by atoms with Crippen molar-refractivity contribution >= 4 is 39.0 Å². The lowest BCUT2D eigenvalue weighted by Gasteiger charge is -2.31. The van der Waals surface area contributed by atoms with Crippen molar-refractivity contribution < 1.29 is 24.1 Å². The van der Waals surface area contributed by atoms with E-state index in [1.807, 2.05) is 57.2 Å². The van der Waals surface area contributed by atoms with Gasteiger partial charge in [-0.25, -0.2) is 9.97 Å². The van der Waals surface area contributed by atoms with Gasteiger partial charge in [0.2, 0.25) is 5.95 Å². The average Bonchev–Trinajstić information content (AvgIpc) is 3.56. The summed E-state index contributed by atoms with van der Waals surface area (Å²) in [6.07, 6.45) is 1.07. The Morgan fingerprint density at radius 3 is 2.65 bits per heavy atom. The van der Waals surface area contributed by atoms with Crippen LogP contribution in [0.2, 0.25) is 0 Å². The van der Waals surface area contributed by atoms with Gasteiger partial charge < -0.3 is 34.7 Å². The second-order valence-corrected chi connectivity index (χ2v) is 11.6. The first-order valence-corrected chi connectivity index (χ1v) is 14.1. The monoisotopic (exact) mass is 563 g/mol. The van der Waals surface area contributed by atoms with Gasteiger partial charge in [0, 0.05) is 12.5 Å². The predicted octanol–water partition coefficient (Wildman–Crippen LogP) is 5.48. The summed E-state index contributed by atoms with van der Waals surface area (Å²) in [5, 5.41) is 17.8. The molecule has 3 atom stereocenters. The lowest BCUT2D eigenvalue weighted by molar-refractivity contribution is -0.168. The topological polar surface area (TPSA) is 120 Å². The Morgan fingerprint density at radius 1 is 1.07 bits per heavy atom. The minimum absolute atomic E-state index is 0.0174. The summed E-state index contributed by atoms with van der Waals surface area (Å²) < 4.78 is 25.0. The van der Waals surface area contributed by atoms with Crippen molar-refractivity contribution in [2.24, 2.45) is 5.92 Å². The molecule has 1 aliphatic heterocycles. The standard InChI is InChI=1S/C29H33N5O5S/c1-16-22(26-31-18-9-6-7-12-21(18)40-26)25(34-29-14-13-17(15-35)24(29)38-28(2,3)39-29)33-27(30-16)32-19-10-8-11-20(36-4)23(19)37-5/h6-12,17,24,35H,13-15H2,1-5H3,(H2,30,32,33,34). The van der Waals surface area contributed by atoms with Crippen LogP contribution in [0.4, 0.5) is 17.5 Å². The normalized spacial score (nSPS) is 23.2. The number of para-hydroxylation sites is 2. The van der Waals surface area contributed by atoms with E-state index in [0.717, 1.165) is 32.9 Å². The number of hydrogen-bond acceptors (Lipinski definition) is 11. The number of ether oxygens (including phenoxy) is 4. The Hall–Kier alpha value is -3.51. The number of fused-ring (bicyclic) bond motifs is 2. The van der Waals surface area contributed by atoms with Gasteiger partial charge in [-0.05, 0) is 57.9 Å². The van der Waals surface area contributed by atoms with Crippen molar-refractivity contribution in [3.05, 3.63) is 48.2 Å². The smallest absolute Gasteiger partial charge is 0.229 e. The van der Waals surface area contributed by atoms with Crippen LogP contribution in [-0.4, -0.2) is 58.5 Å². The quantitative estimate of drug-likeness (QED) is 0.254. The molecule has 210 valence electrons. The minimum Gasteiger partial charge on any atom is -0.493 e.